The number of para-hydroxylation sites is 1. The number of hydrogen-bond donors (Lipinski definition) is 2. The molecule has 0 bridgehead atoms. The number of thioether (sulfide) groups is 1. The van der Waals surface area contributed by atoms with Gasteiger partial charge in [-0.25, -0.2) is 23.1 Å². The van der Waals surface area contributed by atoms with Crippen LogP contribution in [0.3, 0.4) is 0 Å². The molecule has 1 saturated heterocycles. The molecule has 0 aromatic heterocycles. The highest BCUT2D eigenvalue weighted by molar-refractivity contribution is 7.99. The van der Waals surface area contributed by atoms with Gasteiger partial charge in [0.15, 0.2) is 17.5 Å². The van der Waals surface area contributed by atoms with E-state index >= 15 is 0 Å². The summed E-state index contributed by atoms with van der Waals surface area (Å²) in [4.78, 5) is 58.9. The number of anilines is 1. The summed E-state index contributed by atoms with van der Waals surface area (Å²) in [6.07, 6.45) is 1.01. The van der Waals surface area contributed by atoms with Crippen LogP contribution in [0.4, 0.5) is 16.2 Å². The molecule has 13 nitrogen and oxygen atoms in total. The molecule has 0 spiro atoms. The van der Waals surface area contributed by atoms with Crippen LogP contribution in [0.15, 0.2) is 57.2 Å². The molecular formula is C34H45N5O8S2. The fourth-order valence-corrected chi connectivity index (χ4v) is 7.79. The van der Waals surface area contributed by atoms with Gasteiger partial charge in [0.2, 0.25) is 5.91 Å². The van der Waals surface area contributed by atoms with Gasteiger partial charge in [-0.15, -0.1) is 11.8 Å². The molecule has 49 heavy (non-hydrogen) atoms. The highest BCUT2D eigenvalue weighted by atomic mass is 32.2. The number of carbonyl (C=O) groups excluding carboxylic acids is 4. The smallest absolute Gasteiger partial charge is 0.418 e. The molecule has 0 radical (unpaired) electrons. The van der Waals surface area contributed by atoms with Crippen molar-refractivity contribution in [1.29, 1.82) is 0 Å². The highest BCUT2D eigenvalue weighted by Gasteiger charge is 2.55. The molecule has 1 atom stereocenters. The zero-order valence-electron chi connectivity index (χ0n) is 28.8. The Hall–Kier alpha value is -3.95. The molecule has 15 heteroatoms. The Balaban J connectivity index is 1.84. The monoisotopic (exact) mass is 715 g/mol. The lowest BCUT2D eigenvalue weighted by Crippen LogP contribution is -2.59. The van der Waals surface area contributed by atoms with Gasteiger partial charge in [0.25, 0.3) is 21.8 Å². The van der Waals surface area contributed by atoms with Crippen LogP contribution in [-0.2, 0) is 39.3 Å². The third-order valence-corrected chi connectivity index (χ3v) is 10.9. The fourth-order valence-electron chi connectivity index (χ4n) is 5.22. The van der Waals surface area contributed by atoms with Gasteiger partial charge >= 0.3 is 6.09 Å². The second kappa shape index (κ2) is 15.3. The molecule has 2 heterocycles. The molecule has 1 unspecified atom stereocenters. The molecule has 266 valence electrons. The molecule has 4 amide bonds. The number of carbonyl (C=O) groups is 4. The van der Waals surface area contributed by atoms with E-state index in [0.29, 0.717) is 27.8 Å². The third-order valence-electron chi connectivity index (χ3n) is 7.95. The summed E-state index contributed by atoms with van der Waals surface area (Å²) >= 11 is 1.29. The number of nitrogens with one attached hydrogen (secondary N) is 1. The summed E-state index contributed by atoms with van der Waals surface area (Å²) < 4.78 is 40.3. The highest BCUT2D eigenvalue weighted by Crippen LogP contribution is 2.37. The van der Waals surface area contributed by atoms with E-state index in [1.54, 1.807) is 24.3 Å². The van der Waals surface area contributed by atoms with Crippen molar-refractivity contribution in [2.24, 2.45) is 10.7 Å². The number of unbranched alkanes of at least 4 members (excludes halogenated alkanes) is 1. The number of ether oxygens (including phenoxy) is 2. The lowest BCUT2D eigenvalue weighted by molar-refractivity contribution is -0.137. The summed E-state index contributed by atoms with van der Waals surface area (Å²) in [7, 11) is -4.30. The first kappa shape index (κ1) is 37.9. The normalized spacial score (nSPS) is 17.3. The maximum Gasteiger partial charge on any atom is 0.418 e. The molecule has 3 N–H and O–H groups in total. The minimum absolute atomic E-state index is 0.0578. The summed E-state index contributed by atoms with van der Waals surface area (Å²) in [6, 6.07) is 9.72. The van der Waals surface area contributed by atoms with Gasteiger partial charge in [-0.3, -0.25) is 18.7 Å². The molecule has 2 aliphatic rings. The van der Waals surface area contributed by atoms with Gasteiger partial charge in [-0.2, -0.15) is 0 Å². The van der Waals surface area contributed by atoms with E-state index < -0.39 is 45.5 Å². The predicted molar refractivity (Wildman–Crippen MR) is 187 cm³/mol. The van der Waals surface area contributed by atoms with Crippen LogP contribution in [0.5, 0.6) is 0 Å². The van der Waals surface area contributed by atoms with Crippen LogP contribution in [0.25, 0.3) is 0 Å². The van der Waals surface area contributed by atoms with Crippen molar-refractivity contribution >= 4 is 62.8 Å². The number of primary amides is 1. The number of hydrogen-bond acceptors (Lipinski definition) is 10. The summed E-state index contributed by atoms with van der Waals surface area (Å²) in [6.45, 7) is 11.4. The molecule has 0 saturated carbocycles. The number of fused-ring (bicyclic) bond motifs is 1. The van der Waals surface area contributed by atoms with E-state index in [1.165, 1.54) is 37.7 Å². The number of nitrogens with two attached hydrogens (primary N) is 1. The van der Waals surface area contributed by atoms with E-state index in [1.807, 2.05) is 33.8 Å². The predicted octanol–water partition coefficient (Wildman–Crippen LogP) is 4.96. The number of aliphatic imine (C=N–C) groups is 1. The van der Waals surface area contributed by atoms with Gasteiger partial charge in [0, 0.05) is 36.8 Å². The van der Waals surface area contributed by atoms with Gasteiger partial charge in [-0.05, 0) is 61.9 Å². The van der Waals surface area contributed by atoms with Crippen molar-refractivity contribution in [3.8, 4) is 0 Å². The molecule has 2 aromatic rings. The Morgan fingerprint density at radius 3 is 2.43 bits per heavy atom. The van der Waals surface area contributed by atoms with E-state index in [0.717, 1.165) is 22.7 Å². The average molecular weight is 716 g/mol. The van der Waals surface area contributed by atoms with Crippen LogP contribution >= 0.6 is 11.8 Å². The number of benzene rings is 2. The molecular weight excluding hydrogens is 671 g/mol. The molecule has 4 rings (SSSR count). The lowest BCUT2D eigenvalue weighted by Gasteiger charge is -2.35. The molecule has 0 aliphatic carbocycles. The van der Waals surface area contributed by atoms with Crippen molar-refractivity contribution in [2.45, 2.75) is 94.1 Å². The second-order valence-electron chi connectivity index (χ2n) is 13.3. The third kappa shape index (κ3) is 8.62. The largest absolute Gasteiger partial charge is 0.433 e. The Bertz CT molecular complexity index is 1740. The van der Waals surface area contributed by atoms with E-state index in [-0.39, 0.29) is 47.8 Å². The van der Waals surface area contributed by atoms with Gasteiger partial charge in [0.05, 0.1) is 11.4 Å². The van der Waals surface area contributed by atoms with Crippen LogP contribution in [-0.4, -0.2) is 84.4 Å². The van der Waals surface area contributed by atoms with Gasteiger partial charge in [0.1, 0.15) is 4.90 Å². The van der Waals surface area contributed by atoms with Crippen molar-refractivity contribution in [3.63, 3.8) is 0 Å². The topological polar surface area (TPSA) is 178 Å². The summed E-state index contributed by atoms with van der Waals surface area (Å²) in [5.74, 6) is -2.20. The second-order valence-corrected chi connectivity index (χ2v) is 16.3. The standard InChI is InChI=1S/C34H45N5O8S2/c1-7-8-18-46-19-11-17-38-29(36-23-12-9-10-13-26(23)49(38,44)45)28(39-31(42)34(5,6)47-32(39)43)30(41)37-24-21-22(33(2,3)4)14-15-25(24)48-20-16-27(35)40/h9-10,12-15,21,28H,7-8,11,16-20H2,1-6H3,(H2,35,40)(H,37,41). The van der Waals surface area contributed by atoms with Gasteiger partial charge in [-0.1, -0.05) is 52.3 Å². The SMILES string of the molecule is CCCCOCCCN1C(C(C(=O)Nc2cc(C(C)(C)C)ccc2SCCC(N)=O)N2C(=O)OC(C)(C)C2=O)=Nc2ccccc2S1(=O)=O. The number of nitrogens with zero attached hydrogens (tertiary/aromatic N) is 3. The average Bonchev–Trinajstić information content (AvgIpc) is 3.21. The Kier molecular flexibility index (Phi) is 11.8. The van der Waals surface area contributed by atoms with Crippen molar-refractivity contribution in [2.75, 3.05) is 30.8 Å². The van der Waals surface area contributed by atoms with Crippen molar-refractivity contribution in [3.05, 3.63) is 48.0 Å². The first-order chi connectivity index (χ1) is 23.0. The van der Waals surface area contributed by atoms with Crippen LogP contribution in [0, 0.1) is 0 Å². The number of sulfonamides is 1. The van der Waals surface area contributed by atoms with Crippen molar-refractivity contribution in [1.82, 2.24) is 9.21 Å². The zero-order chi connectivity index (χ0) is 36.1. The van der Waals surface area contributed by atoms with E-state index in [2.05, 4.69) is 10.3 Å². The molecule has 2 aromatic carbocycles. The van der Waals surface area contributed by atoms with Crippen molar-refractivity contribution < 1.29 is 37.1 Å². The van der Waals surface area contributed by atoms with E-state index in [4.69, 9.17) is 15.2 Å². The zero-order valence-corrected chi connectivity index (χ0v) is 30.4. The van der Waals surface area contributed by atoms with Crippen LogP contribution in [0.2, 0.25) is 0 Å². The lowest BCUT2D eigenvalue weighted by atomic mass is 9.87. The van der Waals surface area contributed by atoms with Crippen LogP contribution in [0.1, 0.15) is 72.8 Å². The van der Waals surface area contributed by atoms with Gasteiger partial charge < -0.3 is 20.5 Å². The van der Waals surface area contributed by atoms with E-state index in [9.17, 15) is 27.6 Å². The maximum atomic E-state index is 14.6. The number of amidine groups is 1. The van der Waals surface area contributed by atoms with Crippen LogP contribution < -0.4 is 11.1 Å². The fraction of sp³-hybridized carbons (Fsp3) is 0.500. The molecule has 1 fully saturated rings. The minimum Gasteiger partial charge on any atom is -0.433 e. The summed E-state index contributed by atoms with van der Waals surface area (Å²) in [5, 5.41) is 2.86. The number of imide groups is 1. The maximum absolute atomic E-state index is 14.6. The first-order valence-electron chi connectivity index (χ1n) is 16.2. The first-order valence-corrected chi connectivity index (χ1v) is 18.6. The Morgan fingerprint density at radius 2 is 1.80 bits per heavy atom. The quantitative estimate of drug-likeness (QED) is 0.191. The Labute approximate surface area is 292 Å². The number of amides is 4. The Morgan fingerprint density at radius 1 is 1.10 bits per heavy atom. The number of rotatable bonds is 15. The summed E-state index contributed by atoms with van der Waals surface area (Å²) in [5.41, 5.74) is 4.67. The minimum atomic E-state index is -4.30. The molecule has 2 aliphatic heterocycles. The number of cyclic esters (lactones) is 1.